The normalized spacial score (nSPS) is 36.6. The predicted octanol–water partition coefficient (Wildman–Crippen LogP) is 5.75. The van der Waals surface area contributed by atoms with Crippen molar-refractivity contribution >= 4 is 0 Å². The highest BCUT2D eigenvalue weighted by Gasteiger charge is 2.55. The Kier molecular flexibility index (Phi) is 7.87. The van der Waals surface area contributed by atoms with Crippen LogP contribution in [0.25, 0.3) is 0 Å². The number of aryl methyl sites for hydroxylation is 1. The summed E-state index contributed by atoms with van der Waals surface area (Å²) in [5.41, 5.74) is 3.06. The van der Waals surface area contributed by atoms with Gasteiger partial charge in [0.25, 0.3) is 0 Å². The van der Waals surface area contributed by atoms with Gasteiger partial charge in [0, 0.05) is 12.8 Å². The highest BCUT2D eigenvalue weighted by atomic mass is 16.5. The number of nitrogens with zero attached hydrogens (tertiary/aromatic N) is 2. The largest absolute Gasteiger partial charge is 0.393 e. The number of aliphatic hydroxyl groups excluding tert-OH is 3. The van der Waals surface area contributed by atoms with Gasteiger partial charge in [-0.1, -0.05) is 62.4 Å². The number of allylic oxidation sites excluding steroid dienone is 4. The Hall–Kier alpha value is -2.02. The molecule has 6 nitrogen and oxygen atoms in total. The molecular formula is C32H46N2O4. The van der Waals surface area contributed by atoms with E-state index in [9.17, 15) is 15.3 Å². The summed E-state index contributed by atoms with van der Waals surface area (Å²) in [6.45, 7) is 11.0. The van der Waals surface area contributed by atoms with E-state index in [2.05, 4.69) is 55.7 Å². The van der Waals surface area contributed by atoms with Gasteiger partial charge in [0.05, 0.1) is 23.7 Å². The second-order valence-electron chi connectivity index (χ2n) is 12.8. The van der Waals surface area contributed by atoms with Crippen LogP contribution in [0.2, 0.25) is 0 Å². The van der Waals surface area contributed by atoms with Gasteiger partial charge in [-0.15, -0.1) is 0 Å². The molecule has 4 fully saturated rings. The minimum atomic E-state index is -0.646. The maximum absolute atomic E-state index is 11.1. The lowest BCUT2D eigenvalue weighted by Crippen LogP contribution is -2.35. The molecule has 4 aliphatic rings. The second-order valence-corrected chi connectivity index (χ2v) is 12.8. The Morgan fingerprint density at radius 1 is 1.16 bits per heavy atom. The van der Waals surface area contributed by atoms with Crippen molar-refractivity contribution < 1.29 is 19.8 Å². The lowest BCUT2D eigenvalue weighted by atomic mass is 9.61. The Labute approximate surface area is 227 Å². The molecule has 0 aliphatic heterocycles. The van der Waals surface area contributed by atoms with Crippen molar-refractivity contribution in [1.29, 1.82) is 0 Å². The zero-order valence-corrected chi connectivity index (χ0v) is 23.4. The molecule has 38 heavy (non-hydrogen) atoms. The standard InChI is InChI=1S/C32H46N2O4/c1-5-7-29-33-30(38-34-29)32(16-17-32)28(37)14-9-20(2)25-12-13-26-22(8-6-15-31(25,26)4)10-11-23-18-24(35)19-27(36)21(23)3/h9-11,14,20,24-28,35-37H,3,5-8,12-13,15-19H2,1-2,4H3/t20-,24-,25-,26+,27+,28+,31-/m1/s1. The summed E-state index contributed by atoms with van der Waals surface area (Å²) in [6.07, 6.45) is 17.3. The molecule has 4 aliphatic carbocycles. The first-order chi connectivity index (χ1) is 18.2. The summed E-state index contributed by atoms with van der Waals surface area (Å²) in [4.78, 5) is 4.58. The van der Waals surface area contributed by atoms with Crippen LogP contribution in [0.4, 0.5) is 0 Å². The zero-order chi connectivity index (χ0) is 27.1. The van der Waals surface area contributed by atoms with Gasteiger partial charge in [-0.25, -0.2) is 0 Å². The summed E-state index contributed by atoms with van der Waals surface area (Å²) in [5.74, 6) is 2.82. The molecule has 7 atom stereocenters. The van der Waals surface area contributed by atoms with E-state index in [-0.39, 0.29) is 5.41 Å². The molecular weight excluding hydrogens is 476 g/mol. The van der Waals surface area contributed by atoms with Crippen LogP contribution < -0.4 is 0 Å². The maximum atomic E-state index is 11.1. The monoisotopic (exact) mass is 522 g/mol. The third-order valence-electron chi connectivity index (χ3n) is 10.3. The van der Waals surface area contributed by atoms with E-state index < -0.39 is 23.7 Å². The molecule has 4 saturated carbocycles. The fourth-order valence-corrected chi connectivity index (χ4v) is 7.76. The smallest absolute Gasteiger partial charge is 0.235 e. The van der Waals surface area contributed by atoms with E-state index >= 15 is 0 Å². The lowest BCUT2D eigenvalue weighted by Gasteiger charge is -2.44. The van der Waals surface area contributed by atoms with E-state index in [0.717, 1.165) is 49.1 Å². The van der Waals surface area contributed by atoms with Crippen molar-refractivity contribution in [1.82, 2.24) is 10.1 Å². The molecule has 208 valence electrons. The van der Waals surface area contributed by atoms with Crippen LogP contribution in [0.1, 0.15) is 96.7 Å². The SMILES string of the molecule is C=C1C(=CC=C2CCC[C@]3(C)[C@@H]([C@H](C)C=C[C@H](O)C4(c5nc(CCC)no5)CC4)CC[C@@H]23)C[C@@H](O)C[C@@H]1O. The van der Waals surface area contributed by atoms with Crippen LogP contribution in [0.3, 0.4) is 0 Å². The summed E-state index contributed by atoms with van der Waals surface area (Å²) in [6, 6.07) is 0. The van der Waals surface area contributed by atoms with Crippen LogP contribution in [0.5, 0.6) is 0 Å². The van der Waals surface area contributed by atoms with Gasteiger partial charge >= 0.3 is 0 Å². The van der Waals surface area contributed by atoms with Gasteiger partial charge in [-0.3, -0.25) is 0 Å². The molecule has 0 amide bonds. The highest BCUT2D eigenvalue weighted by Crippen LogP contribution is 2.59. The van der Waals surface area contributed by atoms with Crippen molar-refractivity contribution in [3.63, 3.8) is 0 Å². The molecule has 0 saturated heterocycles. The highest BCUT2D eigenvalue weighted by molar-refractivity contribution is 5.38. The van der Waals surface area contributed by atoms with Crippen molar-refractivity contribution in [3.05, 3.63) is 59.3 Å². The third kappa shape index (κ3) is 5.12. The first kappa shape index (κ1) is 27.5. The minimum Gasteiger partial charge on any atom is -0.393 e. The third-order valence-corrected chi connectivity index (χ3v) is 10.3. The van der Waals surface area contributed by atoms with Crippen LogP contribution in [0, 0.1) is 23.2 Å². The quantitative estimate of drug-likeness (QED) is 0.376. The summed E-state index contributed by atoms with van der Waals surface area (Å²) < 4.78 is 5.56. The molecule has 1 heterocycles. The van der Waals surface area contributed by atoms with Crippen LogP contribution >= 0.6 is 0 Å². The number of hydrogen-bond donors (Lipinski definition) is 3. The molecule has 0 bridgehead atoms. The van der Waals surface area contributed by atoms with Crippen molar-refractivity contribution in [3.8, 4) is 0 Å². The van der Waals surface area contributed by atoms with E-state index in [4.69, 9.17) is 4.52 Å². The Morgan fingerprint density at radius 3 is 2.68 bits per heavy atom. The summed E-state index contributed by atoms with van der Waals surface area (Å²) in [5, 5.41) is 35.6. The van der Waals surface area contributed by atoms with E-state index in [1.807, 2.05) is 6.08 Å². The number of rotatable bonds is 8. The second kappa shape index (κ2) is 10.9. The van der Waals surface area contributed by atoms with Crippen LogP contribution in [-0.4, -0.2) is 43.8 Å². The average Bonchev–Trinajstić information content (AvgIpc) is 3.42. The molecule has 6 heteroatoms. The molecule has 5 rings (SSSR count). The average molecular weight is 523 g/mol. The fourth-order valence-electron chi connectivity index (χ4n) is 7.76. The number of fused-ring (bicyclic) bond motifs is 1. The van der Waals surface area contributed by atoms with Gasteiger partial charge in [0.2, 0.25) is 5.89 Å². The molecule has 1 aromatic rings. The Balaban J connectivity index is 1.27. The summed E-state index contributed by atoms with van der Waals surface area (Å²) in [7, 11) is 0. The minimum absolute atomic E-state index is 0.235. The van der Waals surface area contributed by atoms with E-state index in [1.54, 1.807) is 0 Å². The van der Waals surface area contributed by atoms with Crippen LogP contribution in [0.15, 0.2) is 52.1 Å². The number of aliphatic hydroxyl groups is 3. The van der Waals surface area contributed by atoms with Gasteiger partial charge < -0.3 is 19.8 Å². The fraction of sp³-hybridized carbons (Fsp3) is 0.688. The maximum Gasteiger partial charge on any atom is 0.235 e. The van der Waals surface area contributed by atoms with Gasteiger partial charge in [0.15, 0.2) is 5.82 Å². The van der Waals surface area contributed by atoms with Crippen molar-refractivity contribution in [2.75, 3.05) is 0 Å². The van der Waals surface area contributed by atoms with Gasteiger partial charge in [-0.2, -0.15) is 4.98 Å². The number of aromatic nitrogens is 2. The topological polar surface area (TPSA) is 99.6 Å². The molecule has 0 spiro atoms. The molecule has 0 unspecified atom stereocenters. The number of hydrogen-bond acceptors (Lipinski definition) is 6. The van der Waals surface area contributed by atoms with Crippen LogP contribution in [-0.2, 0) is 11.8 Å². The van der Waals surface area contributed by atoms with Gasteiger partial charge in [-0.05, 0) is 92.1 Å². The summed E-state index contributed by atoms with van der Waals surface area (Å²) >= 11 is 0. The first-order valence-electron chi connectivity index (χ1n) is 14.8. The van der Waals surface area contributed by atoms with Crippen molar-refractivity contribution in [2.24, 2.45) is 23.2 Å². The van der Waals surface area contributed by atoms with E-state index in [0.29, 0.717) is 36.5 Å². The molecule has 0 radical (unpaired) electrons. The van der Waals surface area contributed by atoms with E-state index in [1.165, 1.54) is 31.3 Å². The predicted molar refractivity (Wildman–Crippen MR) is 148 cm³/mol. The Bertz CT molecular complexity index is 1110. The van der Waals surface area contributed by atoms with Gasteiger partial charge in [0.1, 0.15) is 0 Å². The first-order valence-corrected chi connectivity index (χ1v) is 14.8. The Morgan fingerprint density at radius 2 is 1.95 bits per heavy atom. The molecule has 1 aromatic heterocycles. The zero-order valence-electron chi connectivity index (χ0n) is 23.4. The molecule has 0 aromatic carbocycles. The molecule has 3 N–H and O–H groups in total. The van der Waals surface area contributed by atoms with Crippen molar-refractivity contribution in [2.45, 2.75) is 115 Å². The lowest BCUT2D eigenvalue weighted by molar-refractivity contribution is 0.0862.